The summed E-state index contributed by atoms with van der Waals surface area (Å²) in [7, 11) is 0. The number of rotatable bonds is 7. The quantitative estimate of drug-likeness (QED) is 0.397. The maximum absolute atomic E-state index is 13.7. The molecule has 0 bridgehead atoms. The molecule has 0 saturated carbocycles. The van der Waals surface area contributed by atoms with Crippen molar-refractivity contribution in [1.82, 2.24) is 25.1 Å². The zero-order valence-corrected chi connectivity index (χ0v) is 25.0. The highest BCUT2D eigenvalue weighted by Gasteiger charge is 2.34. The van der Waals surface area contributed by atoms with E-state index in [0.29, 0.717) is 37.9 Å². The summed E-state index contributed by atoms with van der Waals surface area (Å²) < 4.78 is 0. The van der Waals surface area contributed by atoms with E-state index in [9.17, 15) is 9.59 Å². The zero-order chi connectivity index (χ0) is 29.1. The predicted octanol–water partition coefficient (Wildman–Crippen LogP) is 4.37. The summed E-state index contributed by atoms with van der Waals surface area (Å²) >= 11 is 0. The second-order valence-electron chi connectivity index (χ2n) is 11.9. The molecule has 3 amide bonds. The van der Waals surface area contributed by atoms with E-state index < -0.39 is 0 Å². The van der Waals surface area contributed by atoms with Crippen LogP contribution in [-0.2, 0) is 0 Å². The number of benzene rings is 1. The fraction of sp³-hybridized carbons (Fsp3) is 0.516. The summed E-state index contributed by atoms with van der Waals surface area (Å²) in [6, 6.07) is 12.3. The molecule has 0 unspecified atom stereocenters. The van der Waals surface area contributed by atoms with E-state index in [0.717, 1.165) is 60.7 Å². The molecule has 2 saturated heterocycles. The topological polar surface area (TPSA) is 99.8 Å². The molecular formula is C31H44N8O2. The van der Waals surface area contributed by atoms with Gasteiger partial charge in [0.15, 0.2) is 5.82 Å². The van der Waals surface area contributed by atoms with Gasteiger partial charge in [-0.25, -0.2) is 9.78 Å². The molecule has 2 fully saturated rings. The van der Waals surface area contributed by atoms with E-state index >= 15 is 0 Å². The predicted molar refractivity (Wildman–Crippen MR) is 166 cm³/mol. The fourth-order valence-corrected chi connectivity index (χ4v) is 5.61. The number of H-pyrrole nitrogens is 1. The van der Waals surface area contributed by atoms with Gasteiger partial charge >= 0.3 is 6.03 Å². The lowest BCUT2D eigenvalue weighted by Crippen LogP contribution is -2.57. The Morgan fingerprint density at radius 1 is 1.02 bits per heavy atom. The van der Waals surface area contributed by atoms with E-state index in [1.165, 1.54) is 0 Å². The number of carbonyl (C=O) groups excluding carboxylic acids is 2. The average Bonchev–Trinajstić information content (AvgIpc) is 3.41. The van der Waals surface area contributed by atoms with Crippen LogP contribution in [0.4, 0.5) is 22.0 Å². The first-order chi connectivity index (χ1) is 19.7. The number of piperazine rings is 2. The van der Waals surface area contributed by atoms with Crippen molar-refractivity contribution in [1.29, 1.82) is 0 Å². The molecule has 3 N–H and O–H groups in total. The molecule has 0 radical (unpaired) electrons. The number of carbonyl (C=O) groups is 2. The lowest BCUT2D eigenvalue weighted by atomic mass is 9.98. The van der Waals surface area contributed by atoms with E-state index in [-0.39, 0.29) is 17.5 Å². The van der Waals surface area contributed by atoms with Crippen molar-refractivity contribution in [3.8, 4) is 0 Å². The maximum atomic E-state index is 13.7. The Hall–Kier alpha value is -3.79. The first-order valence-corrected chi connectivity index (χ1v) is 14.9. The highest BCUT2D eigenvalue weighted by atomic mass is 16.2. The Labute approximate surface area is 243 Å². The second kappa shape index (κ2) is 12.0. The molecule has 220 valence electrons. The molecule has 2 aliphatic rings. The smallest absolute Gasteiger partial charge is 0.325 e. The van der Waals surface area contributed by atoms with Crippen molar-refractivity contribution in [2.75, 3.05) is 67.5 Å². The number of nitrogens with zero attached hydrogens (tertiary/aromatic N) is 5. The van der Waals surface area contributed by atoms with E-state index in [1.54, 1.807) is 0 Å². The molecule has 3 aromatic rings. The molecule has 2 aliphatic heterocycles. The molecule has 0 aliphatic carbocycles. The van der Waals surface area contributed by atoms with Crippen LogP contribution in [0, 0.1) is 0 Å². The van der Waals surface area contributed by atoms with Gasteiger partial charge in [-0.3, -0.25) is 9.69 Å². The number of hydrogen-bond donors (Lipinski definition) is 3. The molecule has 2 aromatic heterocycles. The van der Waals surface area contributed by atoms with E-state index in [2.05, 4.69) is 66.2 Å². The molecule has 0 spiro atoms. The molecular weight excluding hydrogens is 516 g/mol. The van der Waals surface area contributed by atoms with Gasteiger partial charge in [-0.1, -0.05) is 6.92 Å². The van der Waals surface area contributed by atoms with Gasteiger partial charge in [-0.05, 0) is 70.5 Å². The Morgan fingerprint density at radius 2 is 1.76 bits per heavy atom. The Balaban J connectivity index is 1.32. The maximum Gasteiger partial charge on any atom is 0.325 e. The third-order valence-corrected chi connectivity index (χ3v) is 8.24. The standard InChI is InChI=1S/C31H44N8O2/c1-6-31(4,5)39(30(41)38-14-12-32-13-15-38)24-9-10-25-23(20-24)21-27(35-25)29(40)37-18-16-36(17-19-37)28-26(34-22(2)3)8-7-11-33-28/h7-11,20-22,32,34-35H,6,12-19H2,1-5H3. The third-order valence-electron chi connectivity index (χ3n) is 8.24. The van der Waals surface area contributed by atoms with Gasteiger partial charge in [-0.2, -0.15) is 0 Å². The minimum atomic E-state index is -0.359. The summed E-state index contributed by atoms with van der Waals surface area (Å²) in [4.78, 5) is 43.2. The lowest BCUT2D eigenvalue weighted by molar-refractivity contribution is 0.0741. The van der Waals surface area contributed by atoms with Crippen LogP contribution in [0.2, 0.25) is 0 Å². The van der Waals surface area contributed by atoms with Gasteiger partial charge in [0.1, 0.15) is 5.69 Å². The number of aromatic nitrogens is 2. The van der Waals surface area contributed by atoms with Crippen molar-refractivity contribution in [3.63, 3.8) is 0 Å². The number of hydrogen-bond acceptors (Lipinski definition) is 6. The monoisotopic (exact) mass is 560 g/mol. The molecule has 41 heavy (non-hydrogen) atoms. The fourth-order valence-electron chi connectivity index (χ4n) is 5.61. The van der Waals surface area contributed by atoms with Crippen LogP contribution in [0.25, 0.3) is 10.9 Å². The van der Waals surface area contributed by atoms with Gasteiger partial charge in [-0.15, -0.1) is 0 Å². The highest BCUT2D eigenvalue weighted by molar-refractivity contribution is 6.00. The van der Waals surface area contributed by atoms with Crippen LogP contribution in [0.1, 0.15) is 51.5 Å². The molecule has 10 heteroatoms. The SMILES string of the molecule is CCC(C)(C)N(C(=O)N1CCNCC1)c1ccc2[nH]c(C(=O)N3CCN(c4ncccc4NC(C)C)CC3)cc2c1. The summed E-state index contributed by atoms with van der Waals surface area (Å²) in [5, 5.41) is 7.72. The summed E-state index contributed by atoms with van der Waals surface area (Å²) in [6.07, 6.45) is 2.64. The highest BCUT2D eigenvalue weighted by Crippen LogP contribution is 2.32. The largest absolute Gasteiger partial charge is 0.380 e. The van der Waals surface area contributed by atoms with Crippen LogP contribution in [0.5, 0.6) is 0 Å². The van der Waals surface area contributed by atoms with Crippen molar-refractivity contribution < 1.29 is 9.59 Å². The number of urea groups is 1. The number of anilines is 3. The van der Waals surface area contributed by atoms with Gasteiger partial charge in [0.05, 0.1) is 5.69 Å². The summed E-state index contributed by atoms with van der Waals surface area (Å²) in [6.45, 7) is 16.2. The zero-order valence-electron chi connectivity index (χ0n) is 25.0. The number of aromatic amines is 1. The number of nitrogens with one attached hydrogen (secondary N) is 3. The average molecular weight is 561 g/mol. The Bertz CT molecular complexity index is 1370. The van der Waals surface area contributed by atoms with Gasteiger partial charge in [0.2, 0.25) is 0 Å². The number of pyridine rings is 1. The molecule has 4 heterocycles. The third kappa shape index (κ3) is 6.12. The van der Waals surface area contributed by atoms with Gasteiger partial charge in [0.25, 0.3) is 5.91 Å². The molecule has 0 atom stereocenters. The second-order valence-corrected chi connectivity index (χ2v) is 11.9. The minimum Gasteiger partial charge on any atom is -0.380 e. The first kappa shape index (κ1) is 28.7. The Morgan fingerprint density at radius 3 is 2.44 bits per heavy atom. The summed E-state index contributed by atoms with van der Waals surface area (Å²) in [5.41, 5.74) is 2.96. The van der Waals surface area contributed by atoms with Crippen LogP contribution in [0.3, 0.4) is 0 Å². The first-order valence-electron chi connectivity index (χ1n) is 14.9. The number of amides is 3. The molecule has 1 aromatic carbocycles. The summed E-state index contributed by atoms with van der Waals surface area (Å²) in [5.74, 6) is 0.924. The molecule has 5 rings (SSSR count). The lowest BCUT2D eigenvalue weighted by Gasteiger charge is -2.42. The molecule has 10 nitrogen and oxygen atoms in total. The van der Waals surface area contributed by atoms with E-state index in [4.69, 9.17) is 0 Å². The van der Waals surface area contributed by atoms with Crippen LogP contribution in [-0.4, -0.2) is 95.6 Å². The number of fused-ring (bicyclic) bond motifs is 1. The minimum absolute atomic E-state index is 0.00779. The van der Waals surface area contributed by atoms with Crippen molar-refractivity contribution >= 4 is 40.0 Å². The Kier molecular flexibility index (Phi) is 8.40. The van der Waals surface area contributed by atoms with Crippen LogP contribution >= 0.6 is 0 Å². The normalized spacial score (nSPS) is 16.4. The van der Waals surface area contributed by atoms with Gasteiger partial charge in [0, 0.05) is 86.7 Å². The van der Waals surface area contributed by atoms with E-state index in [1.807, 2.05) is 51.2 Å². The van der Waals surface area contributed by atoms with Crippen LogP contribution in [0.15, 0.2) is 42.6 Å². The van der Waals surface area contributed by atoms with Gasteiger partial charge < -0.3 is 30.3 Å². The van der Waals surface area contributed by atoms with Crippen molar-refractivity contribution in [3.05, 3.63) is 48.3 Å². The van der Waals surface area contributed by atoms with Crippen LogP contribution < -0.4 is 20.4 Å². The van der Waals surface area contributed by atoms with Crippen molar-refractivity contribution in [2.45, 2.75) is 52.6 Å². The van der Waals surface area contributed by atoms with Crippen molar-refractivity contribution in [2.24, 2.45) is 0 Å².